The molecule has 146 valence electrons. The summed E-state index contributed by atoms with van der Waals surface area (Å²) in [4.78, 5) is 4.57. The minimum atomic E-state index is 0.562. The third-order valence-electron chi connectivity index (χ3n) is 5.22. The average Bonchev–Trinajstić information content (AvgIpc) is 2.87. The van der Waals surface area contributed by atoms with Gasteiger partial charge in [0.1, 0.15) is 6.07 Å². The van der Waals surface area contributed by atoms with Gasteiger partial charge in [0, 0.05) is 5.71 Å². The van der Waals surface area contributed by atoms with Crippen molar-refractivity contribution >= 4 is 5.71 Å². The molecule has 0 saturated heterocycles. The van der Waals surface area contributed by atoms with E-state index in [1.807, 2.05) is 20.8 Å². The molecule has 1 aliphatic carbocycles. The van der Waals surface area contributed by atoms with E-state index in [4.69, 9.17) is 0 Å². The van der Waals surface area contributed by atoms with E-state index in [2.05, 4.69) is 42.8 Å². The Balaban J connectivity index is 2.55. The molecule has 1 aliphatic rings. The van der Waals surface area contributed by atoms with Crippen LogP contribution in [0.25, 0.3) is 0 Å². The Hall–Kier alpha value is -2.10. The molecular weight excluding hydrogens is 328 g/mol. The van der Waals surface area contributed by atoms with Crippen LogP contribution in [0.3, 0.4) is 0 Å². The minimum Gasteiger partial charge on any atom is -0.257 e. The Labute approximate surface area is 166 Å². The fourth-order valence-electron chi connectivity index (χ4n) is 3.61. The first-order valence-electron chi connectivity index (χ1n) is 10.4. The first kappa shape index (κ1) is 22.9. The lowest BCUT2D eigenvalue weighted by atomic mass is 9.92. The molecule has 0 bridgehead atoms. The molecular formula is C25H36N2. The molecule has 0 aromatic heterocycles. The predicted octanol–water partition coefficient (Wildman–Crippen LogP) is 7.62. The van der Waals surface area contributed by atoms with Gasteiger partial charge in [-0.2, -0.15) is 5.26 Å². The van der Waals surface area contributed by atoms with E-state index in [-0.39, 0.29) is 0 Å². The minimum absolute atomic E-state index is 0.562. The summed E-state index contributed by atoms with van der Waals surface area (Å²) in [6.45, 7) is 10.2. The number of hydrogen-bond acceptors (Lipinski definition) is 2. The summed E-state index contributed by atoms with van der Waals surface area (Å²) in [6, 6.07) is 2.19. The van der Waals surface area contributed by atoms with Crippen LogP contribution in [-0.2, 0) is 0 Å². The lowest BCUT2D eigenvalue weighted by Gasteiger charge is -2.14. The predicted molar refractivity (Wildman–Crippen MR) is 118 cm³/mol. The molecule has 0 amide bonds. The van der Waals surface area contributed by atoms with Crippen molar-refractivity contribution < 1.29 is 0 Å². The number of nitrogens with zero attached hydrogens (tertiary/aromatic N) is 2. The third-order valence-corrected chi connectivity index (χ3v) is 5.22. The molecule has 0 fully saturated rings. The van der Waals surface area contributed by atoms with E-state index in [9.17, 15) is 5.26 Å². The van der Waals surface area contributed by atoms with E-state index in [1.54, 1.807) is 17.7 Å². The van der Waals surface area contributed by atoms with Crippen molar-refractivity contribution in [3.63, 3.8) is 0 Å². The van der Waals surface area contributed by atoms with Gasteiger partial charge in [-0.1, -0.05) is 30.6 Å². The quantitative estimate of drug-likeness (QED) is 0.143. The summed E-state index contributed by atoms with van der Waals surface area (Å²) in [5.74, 6) is 0.884. The summed E-state index contributed by atoms with van der Waals surface area (Å²) in [7, 11) is 0. The molecule has 0 N–H and O–H groups in total. The molecule has 0 heterocycles. The van der Waals surface area contributed by atoms with Gasteiger partial charge in [-0.25, -0.2) is 0 Å². The largest absolute Gasteiger partial charge is 0.257 e. The Morgan fingerprint density at radius 1 is 1.30 bits per heavy atom. The number of nitriles is 1. The maximum absolute atomic E-state index is 9.23. The van der Waals surface area contributed by atoms with Crippen LogP contribution in [0.1, 0.15) is 86.0 Å². The van der Waals surface area contributed by atoms with Gasteiger partial charge >= 0.3 is 0 Å². The van der Waals surface area contributed by atoms with E-state index in [0.29, 0.717) is 5.57 Å². The van der Waals surface area contributed by atoms with Crippen molar-refractivity contribution in [2.75, 3.05) is 0 Å². The Morgan fingerprint density at radius 3 is 2.74 bits per heavy atom. The van der Waals surface area contributed by atoms with Crippen LogP contribution in [0.2, 0.25) is 0 Å². The molecule has 0 aliphatic heterocycles. The molecule has 27 heavy (non-hydrogen) atoms. The van der Waals surface area contributed by atoms with Crippen LogP contribution < -0.4 is 0 Å². The van der Waals surface area contributed by atoms with E-state index in [1.165, 1.54) is 50.5 Å². The SMILES string of the molecule is CC=C=C\C(C#N)=C(C)/N=C(C)/C=C(/C)CCCC1CCC=C(CC)CC1. The molecule has 1 unspecified atom stereocenters. The third kappa shape index (κ3) is 9.41. The second-order valence-electron chi connectivity index (χ2n) is 7.54. The molecule has 0 spiro atoms. The molecule has 1 atom stereocenters. The van der Waals surface area contributed by atoms with Gasteiger partial charge in [0.15, 0.2) is 0 Å². The standard InChI is InChI=1S/C25H36N2/c1-6-8-15-25(19-26)22(5)27-21(4)18-20(3)11-9-13-24-14-10-12-23(7-2)16-17-24/h6,12,15,18,24H,7,9-11,13-14,16-17H2,1-5H3/b20-18-,25-22+,27-21+. The monoisotopic (exact) mass is 364 g/mol. The normalized spacial score (nSPS) is 19.3. The second kappa shape index (κ2) is 13.1. The highest BCUT2D eigenvalue weighted by Gasteiger charge is 2.12. The number of rotatable bonds is 8. The number of hydrogen-bond donors (Lipinski definition) is 0. The lowest BCUT2D eigenvalue weighted by Crippen LogP contribution is -1.99. The molecule has 2 heteroatoms. The van der Waals surface area contributed by atoms with Crippen LogP contribution in [0, 0.1) is 17.2 Å². The highest BCUT2D eigenvalue weighted by molar-refractivity contribution is 5.94. The maximum atomic E-state index is 9.23. The molecule has 2 nitrogen and oxygen atoms in total. The summed E-state index contributed by atoms with van der Waals surface area (Å²) >= 11 is 0. The summed E-state index contributed by atoms with van der Waals surface area (Å²) < 4.78 is 0. The van der Waals surface area contributed by atoms with Crippen molar-refractivity contribution in [3.05, 3.63) is 52.5 Å². The topological polar surface area (TPSA) is 36.1 Å². The lowest BCUT2D eigenvalue weighted by molar-refractivity contribution is 0.418. The van der Waals surface area contributed by atoms with Gasteiger partial charge in [-0.3, -0.25) is 4.99 Å². The zero-order valence-corrected chi connectivity index (χ0v) is 17.9. The Morgan fingerprint density at radius 2 is 2.07 bits per heavy atom. The van der Waals surface area contributed by atoms with Crippen LogP contribution in [0.15, 0.2) is 57.4 Å². The van der Waals surface area contributed by atoms with Crippen molar-refractivity contribution in [1.82, 2.24) is 0 Å². The summed E-state index contributed by atoms with van der Waals surface area (Å²) in [6.07, 6.45) is 18.3. The number of aliphatic imine (C=N–C) groups is 1. The van der Waals surface area contributed by atoms with Crippen molar-refractivity contribution in [1.29, 1.82) is 5.26 Å². The van der Waals surface area contributed by atoms with Gasteiger partial charge in [0.05, 0.1) is 11.3 Å². The average molecular weight is 365 g/mol. The van der Waals surface area contributed by atoms with Crippen LogP contribution >= 0.6 is 0 Å². The van der Waals surface area contributed by atoms with Gasteiger partial charge in [0.25, 0.3) is 0 Å². The van der Waals surface area contributed by atoms with Crippen molar-refractivity contribution in [3.8, 4) is 6.07 Å². The second-order valence-corrected chi connectivity index (χ2v) is 7.54. The van der Waals surface area contributed by atoms with Crippen LogP contribution in [0.4, 0.5) is 0 Å². The smallest absolute Gasteiger partial charge is 0.102 e. The highest BCUT2D eigenvalue weighted by Crippen LogP contribution is 2.28. The zero-order valence-electron chi connectivity index (χ0n) is 17.9. The molecule has 0 aromatic rings. The summed E-state index contributed by atoms with van der Waals surface area (Å²) in [5, 5.41) is 9.23. The van der Waals surface area contributed by atoms with E-state index >= 15 is 0 Å². The van der Waals surface area contributed by atoms with E-state index < -0.39 is 0 Å². The molecule has 0 radical (unpaired) electrons. The summed E-state index contributed by atoms with van der Waals surface area (Å²) in [5.41, 5.74) is 8.23. The Bertz CT molecular complexity index is 701. The van der Waals surface area contributed by atoms with Gasteiger partial charge < -0.3 is 0 Å². The first-order valence-corrected chi connectivity index (χ1v) is 10.4. The van der Waals surface area contributed by atoms with E-state index in [0.717, 1.165) is 23.7 Å². The molecule has 1 rings (SSSR count). The van der Waals surface area contributed by atoms with Gasteiger partial charge in [-0.15, -0.1) is 5.73 Å². The van der Waals surface area contributed by atoms with Gasteiger partial charge in [0.2, 0.25) is 0 Å². The van der Waals surface area contributed by atoms with Crippen LogP contribution in [0.5, 0.6) is 0 Å². The fourth-order valence-corrected chi connectivity index (χ4v) is 3.61. The van der Waals surface area contributed by atoms with Gasteiger partial charge in [-0.05, 0) is 96.8 Å². The maximum Gasteiger partial charge on any atom is 0.102 e. The number of allylic oxidation sites excluding steroid dienone is 7. The molecule has 0 saturated carbocycles. The fraction of sp³-hybridized carbons (Fsp3) is 0.560. The first-order chi connectivity index (χ1) is 13.0. The van der Waals surface area contributed by atoms with Crippen LogP contribution in [-0.4, -0.2) is 5.71 Å². The van der Waals surface area contributed by atoms with Crippen molar-refractivity contribution in [2.45, 2.75) is 86.0 Å². The molecule has 0 aromatic carbocycles. The highest BCUT2D eigenvalue weighted by atomic mass is 14.7. The Kier molecular flexibility index (Phi) is 11.2. The zero-order chi connectivity index (χ0) is 20.1. The van der Waals surface area contributed by atoms with Crippen molar-refractivity contribution in [2.24, 2.45) is 10.9 Å².